The van der Waals surface area contributed by atoms with Crippen molar-refractivity contribution in [3.63, 3.8) is 0 Å². The molecule has 1 aromatic rings. The fourth-order valence-electron chi connectivity index (χ4n) is 5.42. The van der Waals surface area contributed by atoms with Crippen LogP contribution in [0.5, 0.6) is 0 Å². The van der Waals surface area contributed by atoms with E-state index in [1.165, 1.54) is 81.9 Å². The summed E-state index contributed by atoms with van der Waals surface area (Å²) in [6.45, 7) is 0. The van der Waals surface area contributed by atoms with E-state index in [9.17, 15) is 0 Å². The molecule has 1 aliphatic heterocycles. The second-order valence-electron chi connectivity index (χ2n) is 8.62. The Morgan fingerprint density at radius 1 is 0.840 bits per heavy atom. The van der Waals surface area contributed by atoms with Crippen molar-refractivity contribution >= 4 is 17.4 Å². The van der Waals surface area contributed by atoms with Crippen LogP contribution in [0.4, 0.5) is 0 Å². The van der Waals surface area contributed by atoms with E-state index < -0.39 is 0 Å². The fourth-order valence-corrected chi connectivity index (χ4v) is 6.05. The van der Waals surface area contributed by atoms with Crippen molar-refractivity contribution in [3.05, 3.63) is 28.5 Å². The Hall–Kier alpha value is -0.600. The maximum atomic E-state index is 6.80. The molecular weight excluding hydrogens is 324 g/mol. The second kappa shape index (κ2) is 8.86. The highest BCUT2D eigenvalue weighted by molar-refractivity contribution is 7.10. The molecule has 3 fully saturated rings. The van der Waals surface area contributed by atoms with Crippen LogP contribution in [-0.2, 0) is 4.74 Å². The molecule has 2 unspecified atom stereocenters. The molecule has 0 amide bonds. The maximum Gasteiger partial charge on any atom is 0.0612 e. The minimum atomic E-state index is 0.527. The first-order valence-corrected chi connectivity index (χ1v) is 11.6. The molecule has 2 atom stereocenters. The quantitative estimate of drug-likeness (QED) is 0.558. The van der Waals surface area contributed by atoms with Crippen LogP contribution in [0.1, 0.15) is 81.9 Å². The summed E-state index contributed by atoms with van der Waals surface area (Å²) >= 11 is 1.85. The summed E-state index contributed by atoms with van der Waals surface area (Å²) in [5.41, 5.74) is 0. The molecule has 0 aromatic carbocycles. The Labute approximate surface area is 157 Å². The van der Waals surface area contributed by atoms with Gasteiger partial charge in [0.15, 0.2) is 0 Å². The van der Waals surface area contributed by atoms with Crippen molar-refractivity contribution in [2.24, 2.45) is 17.8 Å². The first-order chi connectivity index (χ1) is 12.4. The van der Waals surface area contributed by atoms with Crippen molar-refractivity contribution in [1.82, 2.24) is 0 Å². The predicted molar refractivity (Wildman–Crippen MR) is 108 cm³/mol. The van der Waals surface area contributed by atoms with Gasteiger partial charge in [0.25, 0.3) is 0 Å². The minimum Gasteiger partial charge on any atom is -0.374 e. The summed E-state index contributed by atoms with van der Waals surface area (Å²) in [6, 6.07) is 4.39. The normalized spacial score (nSPS) is 33.0. The Morgan fingerprint density at radius 3 is 1.96 bits per heavy atom. The van der Waals surface area contributed by atoms with Crippen LogP contribution in [0.3, 0.4) is 0 Å². The van der Waals surface area contributed by atoms with Crippen LogP contribution < -0.4 is 0 Å². The largest absolute Gasteiger partial charge is 0.374 e. The standard InChI is InChI=1S/C23H34OS/c1-3-8-19(9-4-1)22-16-18(13-14-21-12-7-15-25-21)17-23(24-22)20-10-5-2-6-11-20/h7,12-15,18-20,22-23H,1-6,8-11,16-17H2. The number of hydrogen-bond donors (Lipinski definition) is 0. The van der Waals surface area contributed by atoms with Gasteiger partial charge in [-0.1, -0.05) is 50.7 Å². The van der Waals surface area contributed by atoms with Gasteiger partial charge in [-0.3, -0.25) is 0 Å². The van der Waals surface area contributed by atoms with Crippen LogP contribution >= 0.6 is 11.3 Å². The van der Waals surface area contributed by atoms with Gasteiger partial charge in [-0.25, -0.2) is 0 Å². The number of allylic oxidation sites excluding steroid dienone is 1. The molecule has 1 nitrogen and oxygen atoms in total. The van der Waals surface area contributed by atoms with Gasteiger partial charge >= 0.3 is 0 Å². The summed E-state index contributed by atoms with van der Waals surface area (Å²) in [4.78, 5) is 1.40. The first kappa shape index (κ1) is 17.8. The molecule has 0 radical (unpaired) electrons. The summed E-state index contributed by atoms with van der Waals surface area (Å²) in [5, 5.41) is 2.18. The molecular formula is C23H34OS. The Morgan fingerprint density at radius 2 is 1.44 bits per heavy atom. The third kappa shape index (κ3) is 4.77. The molecule has 2 heteroatoms. The van der Waals surface area contributed by atoms with Crippen molar-refractivity contribution in [1.29, 1.82) is 0 Å². The van der Waals surface area contributed by atoms with Crippen LogP contribution in [0.2, 0.25) is 0 Å². The van der Waals surface area contributed by atoms with E-state index in [1.807, 2.05) is 11.3 Å². The highest BCUT2D eigenvalue weighted by Gasteiger charge is 2.37. The fraction of sp³-hybridized carbons (Fsp3) is 0.739. The van der Waals surface area contributed by atoms with Crippen LogP contribution in [-0.4, -0.2) is 12.2 Å². The lowest BCUT2D eigenvalue weighted by Gasteiger charge is -2.43. The van der Waals surface area contributed by atoms with Crippen molar-refractivity contribution in [2.45, 2.75) is 89.3 Å². The van der Waals surface area contributed by atoms with Gasteiger partial charge in [-0.15, -0.1) is 11.3 Å². The highest BCUT2D eigenvalue weighted by atomic mass is 32.1. The Kier molecular flexibility index (Phi) is 6.31. The summed E-state index contributed by atoms with van der Waals surface area (Å²) < 4.78 is 6.80. The van der Waals surface area contributed by atoms with Crippen molar-refractivity contribution < 1.29 is 4.74 Å². The SMILES string of the molecule is C(=CC1CC(C2CCCCC2)OC(C2CCCCC2)C1)c1cccs1. The second-order valence-corrected chi connectivity index (χ2v) is 9.59. The van der Waals surface area contributed by atoms with Crippen LogP contribution in [0.25, 0.3) is 6.08 Å². The lowest BCUT2D eigenvalue weighted by molar-refractivity contribution is -0.122. The number of thiophene rings is 1. The zero-order valence-corrected chi connectivity index (χ0v) is 16.4. The summed E-state index contributed by atoms with van der Waals surface area (Å²) in [6.07, 6.45) is 22.7. The zero-order valence-electron chi connectivity index (χ0n) is 15.6. The van der Waals surface area contributed by atoms with E-state index in [4.69, 9.17) is 4.74 Å². The molecule has 0 N–H and O–H groups in total. The zero-order chi connectivity index (χ0) is 16.9. The third-order valence-corrected chi connectivity index (χ3v) is 7.68. The van der Waals surface area contributed by atoms with E-state index in [1.54, 1.807) is 0 Å². The molecule has 0 bridgehead atoms. The summed E-state index contributed by atoms with van der Waals surface area (Å²) in [7, 11) is 0. The Bertz CT molecular complexity index is 496. The van der Waals surface area contributed by atoms with Gasteiger partial charge in [0.05, 0.1) is 12.2 Å². The van der Waals surface area contributed by atoms with Crippen molar-refractivity contribution in [3.8, 4) is 0 Å². The van der Waals surface area contributed by atoms with Crippen LogP contribution in [0.15, 0.2) is 23.6 Å². The third-order valence-electron chi connectivity index (χ3n) is 6.85. The molecule has 138 valence electrons. The van der Waals surface area contributed by atoms with Gasteiger partial charge in [-0.2, -0.15) is 0 Å². The molecule has 25 heavy (non-hydrogen) atoms. The molecule has 1 aromatic heterocycles. The average molecular weight is 359 g/mol. The molecule has 2 aliphatic carbocycles. The van der Waals surface area contributed by atoms with E-state index in [0.717, 1.165) is 17.8 Å². The molecule has 1 saturated heterocycles. The van der Waals surface area contributed by atoms with Gasteiger partial charge < -0.3 is 4.74 Å². The van der Waals surface area contributed by atoms with E-state index >= 15 is 0 Å². The number of rotatable bonds is 4. The van der Waals surface area contributed by atoms with Crippen molar-refractivity contribution in [2.75, 3.05) is 0 Å². The number of hydrogen-bond acceptors (Lipinski definition) is 2. The lowest BCUT2D eigenvalue weighted by atomic mass is 9.75. The number of ether oxygens (including phenoxy) is 1. The van der Waals surface area contributed by atoms with Gasteiger partial charge in [0.2, 0.25) is 0 Å². The van der Waals surface area contributed by atoms with E-state index in [-0.39, 0.29) is 0 Å². The lowest BCUT2D eigenvalue weighted by Crippen LogP contribution is -2.41. The predicted octanol–water partition coefficient (Wildman–Crippen LogP) is 7.09. The molecule has 0 spiro atoms. The molecule has 2 saturated carbocycles. The maximum absolute atomic E-state index is 6.80. The monoisotopic (exact) mass is 358 g/mol. The Balaban J connectivity index is 1.45. The molecule has 2 heterocycles. The van der Waals surface area contributed by atoms with E-state index in [2.05, 4.69) is 29.7 Å². The van der Waals surface area contributed by atoms with Crippen LogP contribution in [0, 0.1) is 17.8 Å². The van der Waals surface area contributed by atoms with Gasteiger partial charge in [0.1, 0.15) is 0 Å². The average Bonchev–Trinajstić information content (AvgIpc) is 3.21. The van der Waals surface area contributed by atoms with Gasteiger partial charge in [-0.05, 0) is 73.8 Å². The molecule has 3 aliphatic rings. The topological polar surface area (TPSA) is 9.23 Å². The first-order valence-electron chi connectivity index (χ1n) is 10.8. The minimum absolute atomic E-state index is 0.527. The van der Waals surface area contributed by atoms with E-state index in [0.29, 0.717) is 12.2 Å². The smallest absolute Gasteiger partial charge is 0.0612 e. The summed E-state index contributed by atoms with van der Waals surface area (Å²) in [5.74, 6) is 2.38. The highest BCUT2D eigenvalue weighted by Crippen LogP contribution is 2.41. The molecule has 4 rings (SSSR count). The van der Waals surface area contributed by atoms with Gasteiger partial charge in [0, 0.05) is 4.88 Å².